The summed E-state index contributed by atoms with van der Waals surface area (Å²) in [5, 5.41) is 3.59. The molecule has 0 unspecified atom stereocenters. The summed E-state index contributed by atoms with van der Waals surface area (Å²) in [6.07, 6.45) is 0.868. The number of nitrogens with one attached hydrogen (secondary N) is 1. The molecule has 0 radical (unpaired) electrons. The summed E-state index contributed by atoms with van der Waals surface area (Å²) < 4.78 is 11.0. The van der Waals surface area contributed by atoms with Crippen LogP contribution in [-0.4, -0.2) is 28.1 Å². The quantitative estimate of drug-likeness (QED) is 0.843. The first-order valence-corrected chi connectivity index (χ1v) is 7.15. The van der Waals surface area contributed by atoms with Gasteiger partial charge in [0.2, 0.25) is 5.95 Å². The Balaban J connectivity index is 2.22. The summed E-state index contributed by atoms with van der Waals surface area (Å²) in [5.41, 5.74) is 0. The van der Waals surface area contributed by atoms with Gasteiger partial charge < -0.3 is 14.8 Å². The van der Waals surface area contributed by atoms with Gasteiger partial charge in [-0.3, -0.25) is 0 Å². The molecule has 2 rings (SSSR count). The van der Waals surface area contributed by atoms with Gasteiger partial charge in [0.15, 0.2) is 0 Å². The molecule has 1 N–H and O–H groups in total. The van der Waals surface area contributed by atoms with Crippen molar-refractivity contribution in [3.63, 3.8) is 0 Å². The first-order chi connectivity index (χ1) is 10.2. The van der Waals surface area contributed by atoms with Crippen molar-refractivity contribution in [1.29, 1.82) is 0 Å². The molecule has 112 valence electrons. The van der Waals surface area contributed by atoms with Gasteiger partial charge in [-0.15, -0.1) is 4.98 Å². The Hall–Kier alpha value is -2.08. The average Bonchev–Trinajstić information content (AvgIpc) is 2.45. The zero-order chi connectivity index (χ0) is 15.1. The van der Waals surface area contributed by atoms with Gasteiger partial charge in [0.25, 0.3) is 0 Å². The van der Waals surface area contributed by atoms with Crippen LogP contribution in [0.3, 0.4) is 0 Å². The van der Waals surface area contributed by atoms with Crippen LogP contribution in [0.5, 0.6) is 17.8 Å². The molecule has 0 atom stereocenters. The molecule has 21 heavy (non-hydrogen) atoms. The molecule has 0 saturated heterocycles. The highest BCUT2D eigenvalue weighted by Gasteiger charge is 2.09. The number of benzene rings is 1. The Morgan fingerprint density at radius 3 is 2.67 bits per heavy atom. The third-order valence-corrected chi connectivity index (χ3v) is 2.60. The van der Waals surface area contributed by atoms with Gasteiger partial charge in [0.05, 0.1) is 6.61 Å². The van der Waals surface area contributed by atoms with Crippen LogP contribution in [0, 0.1) is 0 Å². The number of hydrogen-bond acceptors (Lipinski definition) is 6. The van der Waals surface area contributed by atoms with Crippen molar-refractivity contribution in [3.8, 4) is 17.8 Å². The zero-order valence-electron chi connectivity index (χ0n) is 12.0. The van der Waals surface area contributed by atoms with Crippen molar-refractivity contribution in [3.05, 3.63) is 29.3 Å². The number of nitrogens with zero attached hydrogens (tertiary/aromatic N) is 3. The summed E-state index contributed by atoms with van der Waals surface area (Å²) in [4.78, 5) is 12.5. The molecule has 0 spiro atoms. The van der Waals surface area contributed by atoms with Gasteiger partial charge in [-0.05, 0) is 31.5 Å². The van der Waals surface area contributed by atoms with E-state index in [0.717, 1.165) is 6.42 Å². The predicted octanol–water partition coefficient (Wildman–Crippen LogP) is 3.54. The van der Waals surface area contributed by atoms with Crippen LogP contribution >= 0.6 is 11.6 Å². The molecule has 6 nitrogen and oxygen atoms in total. The van der Waals surface area contributed by atoms with Crippen LogP contribution in [0.15, 0.2) is 24.3 Å². The standard InChI is InChI=1S/C14H17ClN4O2/c1-3-8-20-13-17-12(16-4-2)18-14(19-13)21-11-7-5-6-10(15)9-11/h5-7,9H,3-4,8H2,1-2H3,(H,16,17,18,19). The van der Waals surface area contributed by atoms with Gasteiger partial charge in [-0.25, -0.2) is 0 Å². The monoisotopic (exact) mass is 308 g/mol. The number of rotatable bonds is 7. The number of aromatic nitrogens is 3. The Kier molecular flexibility index (Phi) is 5.57. The summed E-state index contributed by atoms with van der Waals surface area (Å²) in [6.45, 7) is 5.18. The van der Waals surface area contributed by atoms with E-state index < -0.39 is 0 Å². The average molecular weight is 309 g/mol. The van der Waals surface area contributed by atoms with E-state index in [-0.39, 0.29) is 12.0 Å². The highest BCUT2D eigenvalue weighted by Crippen LogP contribution is 2.23. The molecule has 0 amide bonds. The van der Waals surface area contributed by atoms with Gasteiger partial charge >= 0.3 is 12.0 Å². The van der Waals surface area contributed by atoms with E-state index in [1.165, 1.54) is 0 Å². The van der Waals surface area contributed by atoms with Crippen LogP contribution in [0.4, 0.5) is 5.95 Å². The lowest BCUT2D eigenvalue weighted by atomic mass is 10.3. The van der Waals surface area contributed by atoms with Gasteiger partial charge in [-0.2, -0.15) is 9.97 Å². The Morgan fingerprint density at radius 2 is 1.95 bits per heavy atom. The maximum Gasteiger partial charge on any atom is 0.330 e. The van der Waals surface area contributed by atoms with Crippen LogP contribution < -0.4 is 14.8 Å². The van der Waals surface area contributed by atoms with Crippen LogP contribution in [-0.2, 0) is 0 Å². The van der Waals surface area contributed by atoms with E-state index in [9.17, 15) is 0 Å². The van der Waals surface area contributed by atoms with E-state index in [1.54, 1.807) is 24.3 Å². The lowest BCUT2D eigenvalue weighted by Gasteiger charge is -2.09. The van der Waals surface area contributed by atoms with E-state index >= 15 is 0 Å². The second-order valence-electron chi connectivity index (χ2n) is 4.16. The lowest BCUT2D eigenvalue weighted by molar-refractivity contribution is 0.285. The molecular formula is C14H17ClN4O2. The molecule has 1 aromatic carbocycles. The van der Waals surface area contributed by atoms with Crippen LogP contribution in [0.1, 0.15) is 20.3 Å². The molecule has 0 fully saturated rings. The first kappa shape index (κ1) is 15.3. The fraction of sp³-hybridized carbons (Fsp3) is 0.357. The minimum Gasteiger partial charge on any atom is -0.463 e. The smallest absolute Gasteiger partial charge is 0.330 e. The Bertz CT molecular complexity index is 595. The lowest BCUT2D eigenvalue weighted by Crippen LogP contribution is -2.08. The number of hydrogen-bond donors (Lipinski definition) is 1. The fourth-order valence-corrected chi connectivity index (χ4v) is 1.69. The minimum absolute atomic E-state index is 0.161. The van der Waals surface area contributed by atoms with Crippen molar-refractivity contribution < 1.29 is 9.47 Å². The summed E-state index contributed by atoms with van der Waals surface area (Å²) in [5.74, 6) is 0.966. The van der Waals surface area contributed by atoms with E-state index in [4.69, 9.17) is 21.1 Å². The molecule has 0 aliphatic carbocycles. The van der Waals surface area contributed by atoms with Crippen LogP contribution in [0.2, 0.25) is 5.02 Å². The molecule has 1 heterocycles. The Morgan fingerprint density at radius 1 is 1.14 bits per heavy atom. The van der Waals surface area contributed by atoms with Gasteiger partial charge in [-0.1, -0.05) is 24.6 Å². The summed E-state index contributed by atoms with van der Waals surface area (Å²) in [7, 11) is 0. The minimum atomic E-state index is 0.161. The van der Waals surface area contributed by atoms with Crippen molar-refractivity contribution in [2.75, 3.05) is 18.5 Å². The maximum atomic E-state index is 5.92. The molecule has 0 aliphatic rings. The van der Waals surface area contributed by atoms with E-state index in [0.29, 0.717) is 29.9 Å². The molecule has 2 aromatic rings. The largest absolute Gasteiger partial charge is 0.463 e. The molecule has 0 aliphatic heterocycles. The Labute approximate surface area is 128 Å². The van der Waals surface area contributed by atoms with Crippen LogP contribution in [0.25, 0.3) is 0 Å². The van der Waals surface area contributed by atoms with E-state index in [2.05, 4.69) is 20.3 Å². The number of anilines is 1. The maximum absolute atomic E-state index is 5.92. The molecular weight excluding hydrogens is 292 g/mol. The molecule has 1 aromatic heterocycles. The summed E-state index contributed by atoms with van der Waals surface area (Å²) in [6, 6.07) is 7.41. The van der Waals surface area contributed by atoms with Gasteiger partial charge in [0.1, 0.15) is 5.75 Å². The van der Waals surface area contributed by atoms with Crippen molar-refractivity contribution in [2.45, 2.75) is 20.3 Å². The highest BCUT2D eigenvalue weighted by atomic mass is 35.5. The first-order valence-electron chi connectivity index (χ1n) is 6.77. The second-order valence-corrected chi connectivity index (χ2v) is 4.60. The normalized spacial score (nSPS) is 10.2. The molecule has 0 bridgehead atoms. The molecule has 7 heteroatoms. The number of halogens is 1. The fourth-order valence-electron chi connectivity index (χ4n) is 1.51. The van der Waals surface area contributed by atoms with Crippen molar-refractivity contribution in [2.24, 2.45) is 0 Å². The zero-order valence-corrected chi connectivity index (χ0v) is 12.7. The van der Waals surface area contributed by atoms with E-state index in [1.807, 2.05) is 13.8 Å². The highest BCUT2D eigenvalue weighted by molar-refractivity contribution is 6.30. The van der Waals surface area contributed by atoms with Crippen molar-refractivity contribution in [1.82, 2.24) is 15.0 Å². The van der Waals surface area contributed by atoms with Gasteiger partial charge in [0, 0.05) is 11.6 Å². The number of ether oxygens (including phenoxy) is 2. The predicted molar refractivity (Wildman–Crippen MR) is 81.3 cm³/mol. The second kappa shape index (κ2) is 7.64. The third-order valence-electron chi connectivity index (χ3n) is 2.37. The third kappa shape index (κ3) is 4.75. The summed E-state index contributed by atoms with van der Waals surface area (Å²) >= 11 is 5.92. The SMILES string of the molecule is CCCOc1nc(NCC)nc(Oc2cccc(Cl)c2)n1. The molecule has 0 saturated carbocycles. The topological polar surface area (TPSA) is 69.2 Å². The van der Waals surface area contributed by atoms with Crippen molar-refractivity contribution >= 4 is 17.5 Å².